The second-order valence-corrected chi connectivity index (χ2v) is 3.15. The Balaban J connectivity index is 2.76. The molecule has 1 aromatic carbocycles. The maximum absolute atomic E-state index is 13.2. The summed E-state index contributed by atoms with van der Waals surface area (Å²) in [6.45, 7) is 0. The van der Waals surface area contributed by atoms with Gasteiger partial charge in [0.2, 0.25) is 5.91 Å². The van der Waals surface area contributed by atoms with Crippen LogP contribution in [0.3, 0.4) is 0 Å². The monoisotopic (exact) mass is 246 g/mol. The van der Waals surface area contributed by atoms with Gasteiger partial charge in [-0.15, -0.1) is 0 Å². The van der Waals surface area contributed by atoms with Gasteiger partial charge in [0.15, 0.2) is 0 Å². The summed E-state index contributed by atoms with van der Waals surface area (Å²) >= 11 is 0. The zero-order chi connectivity index (χ0) is 13.1. The predicted octanol–water partition coefficient (Wildman–Crippen LogP) is 2.59. The Morgan fingerprint density at radius 2 is 2.06 bits per heavy atom. The number of nitrogens with one attached hydrogen (secondary N) is 1. The van der Waals surface area contributed by atoms with Crippen LogP contribution in [0.25, 0.3) is 0 Å². The molecule has 0 aromatic heterocycles. The highest BCUT2D eigenvalue weighted by molar-refractivity contribution is 5.91. The fourth-order valence-corrected chi connectivity index (χ4v) is 1.06. The molecular weight excluding hydrogens is 240 g/mol. The first-order chi connectivity index (χ1) is 7.81. The van der Waals surface area contributed by atoms with Crippen molar-refractivity contribution >= 4 is 11.6 Å². The van der Waals surface area contributed by atoms with Crippen molar-refractivity contribution in [3.05, 3.63) is 29.6 Å². The Morgan fingerprint density at radius 3 is 2.53 bits per heavy atom. The van der Waals surface area contributed by atoms with Gasteiger partial charge >= 0.3 is 6.18 Å². The van der Waals surface area contributed by atoms with Crippen LogP contribution in [-0.2, 0) is 4.79 Å². The van der Waals surface area contributed by atoms with Crippen LogP contribution >= 0.6 is 0 Å². The second-order valence-electron chi connectivity index (χ2n) is 3.15. The Kier molecular flexibility index (Phi) is 3.68. The lowest BCUT2D eigenvalue weighted by molar-refractivity contribution is -0.150. The molecule has 0 atom stereocenters. The van der Waals surface area contributed by atoms with Gasteiger partial charge in [0.1, 0.15) is 12.2 Å². The van der Waals surface area contributed by atoms with Crippen LogP contribution in [0.15, 0.2) is 18.2 Å². The number of alkyl halides is 3. The normalized spacial score (nSPS) is 10.8. The number of rotatable bonds is 2. The number of hydrogen-bond acceptors (Lipinski definition) is 2. The van der Waals surface area contributed by atoms with Crippen LogP contribution in [0.2, 0.25) is 0 Å². The molecule has 90 valence electrons. The minimum atomic E-state index is -4.65. The quantitative estimate of drug-likeness (QED) is 0.815. The molecule has 0 unspecified atom stereocenters. The van der Waals surface area contributed by atoms with Gasteiger partial charge in [-0.3, -0.25) is 4.79 Å². The molecular formula is C10H6F4N2O. The van der Waals surface area contributed by atoms with Gasteiger partial charge in [0.25, 0.3) is 0 Å². The number of amides is 1. The van der Waals surface area contributed by atoms with Crippen molar-refractivity contribution in [3.63, 3.8) is 0 Å². The molecule has 0 aliphatic heterocycles. The SMILES string of the molecule is N#Cc1ccc(NC(=O)CC(F)(F)F)c(F)c1. The summed E-state index contributed by atoms with van der Waals surface area (Å²) in [5.74, 6) is -2.32. The van der Waals surface area contributed by atoms with E-state index in [2.05, 4.69) is 0 Å². The smallest absolute Gasteiger partial charge is 0.323 e. The maximum Gasteiger partial charge on any atom is 0.397 e. The number of benzene rings is 1. The van der Waals surface area contributed by atoms with E-state index in [0.717, 1.165) is 12.1 Å². The van der Waals surface area contributed by atoms with E-state index in [4.69, 9.17) is 5.26 Å². The highest BCUT2D eigenvalue weighted by Crippen LogP contribution is 2.21. The molecule has 7 heteroatoms. The number of carbonyl (C=O) groups is 1. The van der Waals surface area contributed by atoms with Crippen molar-refractivity contribution < 1.29 is 22.4 Å². The first-order valence-corrected chi connectivity index (χ1v) is 4.38. The fourth-order valence-electron chi connectivity index (χ4n) is 1.06. The summed E-state index contributed by atoms with van der Waals surface area (Å²) in [6.07, 6.45) is -6.33. The van der Waals surface area contributed by atoms with E-state index in [-0.39, 0.29) is 5.56 Å². The van der Waals surface area contributed by atoms with Gasteiger partial charge in [-0.1, -0.05) is 0 Å². The summed E-state index contributed by atoms with van der Waals surface area (Å²) in [5, 5.41) is 10.2. The van der Waals surface area contributed by atoms with E-state index in [1.54, 1.807) is 11.4 Å². The van der Waals surface area contributed by atoms with Gasteiger partial charge in [0, 0.05) is 0 Å². The predicted molar refractivity (Wildman–Crippen MR) is 50.4 cm³/mol. The number of halogens is 4. The minimum absolute atomic E-state index is 0.0105. The molecule has 0 radical (unpaired) electrons. The van der Waals surface area contributed by atoms with Crippen LogP contribution in [-0.4, -0.2) is 12.1 Å². The Labute approximate surface area is 93.7 Å². The van der Waals surface area contributed by atoms with E-state index >= 15 is 0 Å². The number of hydrogen-bond donors (Lipinski definition) is 1. The van der Waals surface area contributed by atoms with Crippen molar-refractivity contribution in [3.8, 4) is 6.07 Å². The third-order valence-corrected chi connectivity index (χ3v) is 1.73. The van der Waals surface area contributed by atoms with E-state index < -0.39 is 30.0 Å². The van der Waals surface area contributed by atoms with Crippen molar-refractivity contribution in [1.82, 2.24) is 0 Å². The molecule has 0 spiro atoms. The zero-order valence-electron chi connectivity index (χ0n) is 8.31. The minimum Gasteiger partial charge on any atom is -0.323 e. The lowest BCUT2D eigenvalue weighted by Gasteiger charge is -2.08. The summed E-state index contributed by atoms with van der Waals surface area (Å²) in [4.78, 5) is 10.9. The average Bonchev–Trinajstić information content (AvgIpc) is 2.18. The molecule has 0 aliphatic rings. The van der Waals surface area contributed by atoms with Gasteiger partial charge in [0.05, 0.1) is 17.3 Å². The van der Waals surface area contributed by atoms with Crippen molar-refractivity contribution in [2.45, 2.75) is 12.6 Å². The topological polar surface area (TPSA) is 52.9 Å². The largest absolute Gasteiger partial charge is 0.397 e. The fraction of sp³-hybridized carbons (Fsp3) is 0.200. The number of nitrogens with zero attached hydrogens (tertiary/aromatic N) is 1. The van der Waals surface area contributed by atoms with Gasteiger partial charge in [-0.25, -0.2) is 4.39 Å². The summed E-state index contributed by atoms with van der Waals surface area (Å²) in [5.41, 5.74) is -0.380. The molecule has 17 heavy (non-hydrogen) atoms. The van der Waals surface area contributed by atoms with Gasteiger partial charge in [-0.05, 0) is 18.2 Å². The van der Waals surface area contributed by atoms with E-state index in [1.807, 2.05) is 0 Å². The second kappa shape index (κ2) is 4.82. The van der Waals surface area contributed by atoms with Gasteiger partial charge < -0.3 is 5.32 Å². The summed E-state index contributed by atoms with van der Waals surface area (Å²) in [7, 11) is 0. The zero-order valence-corrected chi connectivity index (χ0v) is 8.31. The van der Waals surface area contributed by atoms with Crippen LogP contribution < -0.4 is 5.32 Å². The Bertz CT molecular complexity index is 476. The van der Waals surface area contributed by atoms with E-state index in [9.17, 15) is 22.4 Å². The van der Waals surface area contributed by atoms with Crippen molar-refractivity contribution in [1.29, 1.82) is 5.26 Å². The molecule has 0 heterocycles. The van der Waals surface area contributed by atoms with E-state index in [0.29, 0.717) is 0 Å². The van der Waals surface area contributed by atoms with Crippen LogP contribution in [0.1, 0.15) is 12.0 Å². The average molecular weight is 246 g/mol. The van der Waals surface area contributed by atoms with Crippen molar-refractivity contribution in [2.24, 2.45) is 0 Å². The van der Waals surface area contributed by atoms with Crippen LogP contribution in [0, 0.1) is 17.1 Å². The Hall–Kier alpha value is -2.10. The van der Waals surface area contributed by atoms with E-state index in [1.165, 1.54) is 6.07 Å². The number of nitriles is 1. The Morgan fingerprint density at radius 1 is 1.41 bits per heavy atom. The van der Waals surface area contributed by atoms with Gasteiger partial charge in [-0.2, -0.15) is 18.4 Å². The molecule has 1 amide bonds. The first kappa shape index (κ1) is 13.0. The molecule has 0 saturated carbocycles. The number of anilines is 1. The molecule has 0 saturated heterocycles. The molecule has 1 aromatic rings. The summed E-state index contributed by atoms with van der Waals surface area (Å²) in [6, 6.07) is 4.69. The molecule has 1 rings (SSSR count). The van der Waals surface area contributed by atoms with Crippen LogP contribution in [0.5, 0.6) is 0 Å². The molecule has 3 nitrogen and oxygen atoms in total. The molecule has 0 fully saturated rings. The molecule has 1 N–H and O–H groups in total. The third-order valence-electron chi connectivity index (χ3n) is 1.73. The molecule has 0 aliphatic carbocycles. The van der Waals surface area contributed by atoms with Crippen LogP contribution in [0.4, 0.5) is 23.2 Å². The lowest BCUT2D eigenvalue weighted by Crippen LogP contribution is -2.21. The summed E-state index contributed by atoms with van der Waals surface area (Å²) < 4.78 is 48.7. The van der Waals surface area contributed by atoms with Crippen molar-refractivity contribution in [2.75, 3.05) is 5.32 Å². The highest BCUT2D eigenvalue weighted by Gasteiger charge is 2.31. The first-order valence-electron chi connectivity index (χ1n) is 4.38. The third kappa shape index (κ3) is 4.10. The maximum atomic E-state index is 13.2. The lowest BCUT2D eigenvalue weighted by atomic mass is 10.2. The standard InChI is InChI=1S/C10H6F4N2O/c11-7-3-6(5-15)1-2-8(7)16-9(17)4-10(12,13)14/h1-3H,4H2,(H,16,17). The highest BCUT2D eigenvalue weighted by atomic mass is 19.4. The number of carbonyl (C=O) groups excluding carboxylic acids is 1. The molecule has 0 bridgehead atoms.